The van der Waals surface area contributed by atoms with E-state index >= 15 is 0 Å². The molecule has 11 heteroatoms. The summed E-state index contributed by atoms with van der Waals surface area (Å²) in [5.74, 6) is -2.64. The second-order valence-electron chi connectivity index (χ2n) is 8.13. The van der Waals surface area contributed by atoms with E-state index in [2.05, 4.69) is 4.98 Å². The lowest BCUT2D eigenvalue weighted by atomic mass is 9.95. The highest BCUT2D eigenvalue weighted by atomic mass is 19.4. The summed E-state index contributed by atoms with van der Waals surface area (Å²) in [4.78, 5) is 45.7. The number of anilines is 3. The number of hydrogen-bond donors (Lipinski definition) is 0. The minimum absolute atomic E-state index is 0.0396. The Morgan fingerprint density at radius 1 is 1.15 bits per heavy atom. The number of aryl methyl sites for hydroxylation is 1. The standard InChI is InChI=1S/C22H20F4N4O3/c1-12-7-14(22(24,25)26)9-18(27-12)30-19(32)8-13-11-29(5-6-31)16-4-3-15(23)10-17(16)28(2)21(33)20(13)30/h3-4,6-7,9-10,13,20H,5,8,11H2,1-2H3/t13-,20+/m1/s1. The van der Waals surface area contributed by atoms with E-state index in [1.807, 2.05) is 0 Å². The Bertz CT molecular complexity index is 1140. The molecule has 0 bridgehead atoms. The average Bonchev–Trinajstić information content (AvgIpc) is 3.06. The number of carbonyl (C=O) groups excluding carboxylic acids is 3. The van der Waals surface area contributed by atoms with Crippen molar-refractivity contribution >= 4 is 35.3 Å². The van der Waals surface area contributed by atoms with E-state index in [1.54, 1.807) is 4.90 Å². The van der Waals surface area contributed by atoms with Crippen molar-refractivity contribution < 1.29 is 31.9 Å². The van der Waals surface area contributed by atoms with Gasteiger partial charge in [0, 0.05) is 31.6 Å². The minimum atomic E-state index is -4.66. The number of amides is 2. The van der Waals surface area contributed by atoms with Gasteiger partial charge in [0.1, 0.15) is 24.0 Å². The van der Waals surface area contributed by atoms with Crippen molar-refractivity contribution in [2.45, 2.75) is 25.6 Å². The molecule has 1 aromatic carbocycles. The molecule has 1 fully saturated rings. The van der Waals surface area contributed by atoms with E-state index in [4.69, 9.17) is 0 Å². The van der Waals surface area contributed by atoms with Gasteiger partial charge in [0.2, 0.25) is 11.8 Å². The van der Waals surface area contributed by atoms with Crippen molar-refractivity contribution in [1.82, 2.24) is 4.98 Å². The van der Waals surface area contributed by atoms with Gasteiger partial charge in [0.15, 0.2) is 0 Å². The largest absolute Gasteiger partial charge is 0.416 e. The highest BCUT2D eigenvalue weighted by Gasteiger charge is 2.49. The molecule has 33 heavy (non-hydrogen) atoms. The molecule has 1 saturated heterocycles. The Balaban J connectivity index is 1.83. The molecule has 4 rings (SSSR count). The molecule has 0 spiro atoms. The summed E-state index contributed by atoms with van der Waals surface area (Å²) >= 11 is 0. The van der Waals surface area contributed by atoms with Gasteiger partial charge < -0.3 is 14.6 Å². The van der Waals surface area contributed by atoms with Crippen molar-refractivity contribution in [1.29, 1.82) is 0 Å². The summed E-state index contributed by atoms with van der Waals surface area (Å²) in [6, 6.07) is 4.23. The smallest absolute Gasteiger partial charge is 0.362 e. The fourth-order valence-corrected chi connectivity index (χ4v) is 4.48. The molecule has 0 aliphatic carbocycles. The van der Waals surface area contributed by atoms with Gasteiger partial charge in [-0.1, -0.05) is 0 Å². The van der Waals surface area contributed by atoms with Crippen molar-refractivity contribution in [3.8, 4) is 0 Å². The third-order valence-corrected chi connectivity index (χ3v) is 5.92. The summed E-state index contributed by atoms with van der Waals surface area (Å²) in [7, 11) is 1.40. The van der Waals surface area contributed by atoms with Gasteiger partial charge in [-0.05, 0) is 37.3 Å². The summed E-state index contributed by atoms with van der Waals surface area (Å²) < 4.78 is 54.1. The zero-order valence-corrected chi connectivity index (χ0v) is 17.8. The first-order chi connectivity index (χ1) is 15.5. The molecular weight excluding hydrogens is 444 g/mol. The van der Waals surface area contributed by atoms with Gasteiger partial charge in [0.05, 0.1) is 23.5 Å². The maximum atomic E-state index is 14.0. The first kappa shape index (κ1) is 22.7. The highest BCUT2D eigenvalue weighted by Crippen LogP contribution is 2.40. The maximum Gasteiger partial charge on any atom is 0.416 e. The number of aromatic nitrogens is 1. The molecule has 0 N–H and O–H groups in total. The average molecular weight is 464 g/mol. The number of benzene rings is 1. The molecule has 0 unspecified atom stereocenters. The molecule has 174 valence electrons. The molecule has 2 aliphatic heterocycles. The zero-order chi connectivity index (χ0) is 24.1. The third-order valence-electron chi connectivity index (χ3n) is 5.92. The van der Waals surface area contributed by atoms with Crippen LogP contribution >= 0.6 is 0 Å². The number of rotatable bonds is 3. The van der Waals surface area contributed by atoms with Crippen LogP contribution in [-0.4, -0.2) is 49.3 Å². The lowest BCUT2D eigenvalue weighted by Crippen LogP contribution is -2.52. The highest BCUT2D eigenvalue weighted by molar-refractivity contribution is 6.10. The second kappa shape index (κ2) is 8.13. The van der Waals surface area contributed by atoms with E-state index in [9.17, 15) is 31.9 Å². The third kappa shape index (κ3) is 4.03. The van der Waals surface area contributed by atoms with Gasteiger partial charge in [-0.25, -0.2) is 9.37 Å². The number of carbonyl (C=O) groups is 3. The van der Waals surface area contributed by atoms with Gasteiger partial charge in [-0.2, -0.15) is 13.2 Å². The van der Waals surface area contributed by atoms with E-state index in [-0.39, 0.29) is 36.7 Å². The van der Waals surface area contributed by atoms with Gasteiger partial charge >= 0.3 is 6.18 Å². The lowest BCUT2D eigenvalue weighted by Gasteiger charge is -2.38. The number of pyridine rings is 1. The Labute approximate surface area is 186 Å². The van der Waals surface area contributed by atoms with Crippen LogP contribution in [0.4, 0.5) is 34.8 Å². The first-order valence-electron chi connectivity index (χ1n) is 10.1. The molecule has 3 heterocycles. The molecule has 2 atom stereocenters. The number of fused-ring (bicyclic) bond motifs is 2. The normalized spacial score (nSPS) is 21.0. The predicted octanol–water partition coefficient (Wildman–Crippen LogP) is 2.95. The van der Waals surface area contributed by atoms with Crippen LogP contribution in [0, 0.1) is 18.7 Å². The molecule has 1 aromatic heterocycles. The van der Waals surface area contributed by atoms with Crippen molar-refractivity contribution in [3.05, 3.63) is 47.4 Å². The van der Waals surface area contributed by atoms with Crippen LogP contribution in [0.3, 0.4) is 0 Å². The van der Waals surface area contributed by atoms with Crippen molar-refractivity contribution in [2.75, 3.05) is 34.8 Å². The van der Waals surface area contributed by atoms with Crippen LogP contribution in [-0.2, 0) is 20.6 Å². The SMILES string of the molecule is Cc1cc(C(F)(F)F)cc(N2C(=O)C[C@@H]3CN(CC=O)c4ccc(F)cc4N(C)C(=O)[C@H]32)n1. The number of halogens is 4. The predicted molar refractivity (Wildman–Crippen MR) is 111 cm³/mol. The molecule has 0 radical (unpaired) electrons. The van der Waals surface area contributed by atoms with Crippen LogP contribution in [0.15, 0.2) is 30.3 Å². The zero-order valence-electron chi connectivity index (χ0n) is 17.8. The number of aldehydes is 1. The van der Waals surface area contributed by atoms with E-state index < -0.39 is 41.3 Å². The fraction of sp³-hybridized carbons (Fsp3) is 0.364. The van der Waals surface area contributed by atoms with E-state index in [1.165, 1.54) is 31.0 Å². The second-order valence-corrected chi connectivity index (χ2v) is 8.13. The minimum Gasteiger partial charge on any atom is -0.362 e. The van der Waals surface area contributed by atoms with Crippen LogP contribution in [0.25, 0.3) is 0 Å². The molecule has 7 nitrogen and oxygen atoms in total. The number of alkyl halides is 3. The lowest BCUT2D eigenvalue weighted by molar-refractivity contribution is -0.137. The molecule has 0 saturated carbocycles. The molecule has 2 aromatic rings. The monoisotopic (exact) mass is 464 g/mol. The van der Waals surface area contributed by atoms with Crippen molar-refractivity contribution in [2.24, 2.45) is 5.92 Å². The van der Waals surface area contributed by atoms with Crippen LogP contribution in [0.5, 0.6) is 0 Å². The van der Waals surface area contributed by atoms with Gasteiger partial charge in [-0.3, -0.25) is 14.5 Å². The van der Waals surface area contributed by atoms with Gasteiger partial charge in [-0.15, -0.1) is 0 Å². The maximum absolute atomic E-state index is 14.0. The molecule has 2 aliphatic rings. The fourth-order valence-electron chi connectivity index (χ4n) is 4.48. The van der Waals surface area contributed by atoms with E-state index in [0.29, 0.717) is 12.0 Å². The van der Waals surface area contributed by atoms with Crippen LogP contribution < -0.4 is 14.7 Å². The summed E-state index contributed by atoms with van der Waals surface area (Å²) in [6.07, 6.45) is -4.13. The topological polar surface area (TPSA) is 73.8 Å². The summed E-state index contributed by atoms with van der Waals surface area (Å²) in [5, 5.41) is 0. The summed E-state index contributed by atoms with van der Waals surface area (Å²) in [5.41, 5.74) is -0.315. The van der Waals surface area contributed by atoms with E-state index in [0.717, 1.165) is 23.1 Å². The molecule has 2 amide bonds. The Hall–Kier alpha value is -3.50. The Kier molecular flexibility index (Phi) is 5.59. The van der Waals surface area contributed by atoms with Gasteiger partial charge in [0.25, 0.3) is 0 Å². The number of hydrogen-bond acceptors (Lipinski definition) is 5. The van der Waals surface area contributed by atoms with Crippen LogP contribution in [0.2, 0.25) is 0 Å². The summed E-state index contributed by atoms with van der Waals surface area (Å²) in [6.45, 7) is 1.40. The van der Waals surface area contributed by atoms with Crippen LogP contribution in [0.1, 0.15) is 17.7 Å². The number of likely N-dealkylation sites (N-methyl/N-ethyl adjacent to an activating group) is 1. The van der Waals surface area contributed by atoms with Crippen molar-refractivity contribution in [3.63, 3.8) is 0 Å². The Morgan fingerprint density at radius 3 is 2.55 bits per heavy atom. The first-order valence-corrected chi connectivity index (χ1v) is 10.1. The number of nitrogens with zero attached hydrogens (tertiary/aromatic N) is 4. The molecular formula is C22H20F4N4O3. The Morgan fingerprint density at radius 2 is 1.88 bits per heavy atom. The quantitative estimate of drug-likeness (QED) is 0.516.